The van der Waals surface area contributed by atoms with E-state index in [1.54, 1.807) is 11.6 Å². The summed E-state index contributed by atoms with van der Waals surface area (Å²) < 4.78 is 14.9. The van der Waals surface area contributed by atoms with Gasteiger partial charge in [0.1, 0.15) is 0 Å². The van der Waals surface area contributed by atoms with E-state index < -0.39 is 27.6 Å². The normalized spacial score (nSPS) is 12.7. The van der Waals surface area contributed by atoms with Crippen LogP contribution in [-0.4, -0.2) is 36.3 Å². The van der Waals surface area contributed by atoms with Crippen molar-refractivity contribution in [1.29, 1.82) is 0 Å². The Labute approximate surface area is 147 Å². The molecule has 2 rings (SSSR count). The number of hydrogen-bond donors (Lipinski definition) is 1. The highest BCUT2D eigenvalue weighted by atomic mass is 32.2. The summed E-state index contributed by atoms with van der Waals surface area (Å²) in [6.45, 7) is 7.43. The molecule has 134 valence electrons. The second-order valence-corrected chi connectivity index (χ2v) is 7.52. The number of carbonyl (C=O) groups excluding carboxylic acids is 1. The molecule has 0 aliphatic heterocycles. The minimum atomic E-state index is -0.963. The van der Waals surface area contributed by atoms with E-state index in [4.69, 9.17) is 0 Å². The minimum absolute atomic E-state index is 0.140. The molecule has 9 nitrogen and oxygen atoms in total. The molecule has 11 heteroatoms. The van der Waals surface area contributed by atoms with Gasteiger partial charge in [-0.3, -0.25) is 14.9 Å². The number of hydrogen-bond acceptors (Lipinski definition) is 7. The van der Waals surface area contributed by atoms with Crippen LogP contribution < -0.4 is 5.32 Å². The van der Waals surface area contributed by atoms with Gasteiger partial charge in [0.25, 0.3) is 0 Å². The average Bonchev–Trinajstić information content (AvgIpc) is 2.97. The van der Waals surface area contributed by atoms with Gasteiger partial charge in [-0.25, -0.2) is 4.68 Å². The zero-order chi connectivity index (χ0) is 18.8. The molecule has 0 aliphatic rings. The van der Waals surface area contributed by atoms with Crippen molar-refractivity contribution in [2.45, 2.75) is 43.6 Å². The van der Waals surface area contributed by atoms with Crippen molar-refractivity contribution in [2.24, 2.45) is 0 Å². The highest BCUT2D eigenvalue weighted by molar-refractivity contribution is 8.00. The number of tetrazole rings is 1. The predicted octanol–water partition coefficient (Wildman–Crippen LogP) is 2.59. The molecule has 0 saturated heterocycles. The van der Waals surface area contributed by atoms with Crippen LogP contribution >= 0.6 is 11.8 Å². The van der Waals surface area contributed by atoms with Gasteiger partial charge in [-0.15, -0.1) is 5.10 Å². The maximum atomic E-state index is 13.3. The minimum Gasteiger partial charge on any atom is -0.325 e. The Bertz CT molecular complexity index is 804. The van der Waals surface area contributed by atoms with Gasteiger partial charge in [0.15, 0.2) is 0 Å². The van der Waals surface area contributed by atoms with Crippen molar-refractivity contribution in [3.63, 3.8) is 0 Å². The Morgan fingerprint density at radius 2 is 2.12 bits per heavy atom. The van der Waals surface area contributed by atoms with Crippen molar-refractivity contribution in [2.75, 3.05) is 5.32 Å². The molecule has 0 fully saturated rings. The van der Waals surface area contributed by atoms with Gasteiger partial charge in [-0.05, 0) is 50.3 Å². The van der Waals surface area contributed by atoms with E-state index in [-0.39, 0.29) is 11.2 Å². The summed E-state index contributed by atoms with van der Waals surface area (Å²) in [5, 5.41) is 24.6. The molecule has 1 atom stereocenters. The van der Waals surface area contributed by atoms with E-state index in [0.29, 0.717) is 5.16 Å². The van der Waals surface area contributed by atoms with Gasteiger partial charge in [-0.2, -0.15) is 4.39 Å². The summed E-state index contributed by atoms with van der Waals surface area (Å²) in [5.74, 6) is -1.37. The van der Waals surface area contributed by atoms with Gasteiger partial charge in [0.2, 0.25) is 16.9 Å². The summed E-state index contributed by atoms with van der Waals surface area (Å²) in [7, 11) is 0. The standard InChI is InChI=1S/C14H17FN6O3S/c1-8(25-13-17-18-19-20(13)14(2,3)4)12(22)16-9-5-6-10(15)11(7-9)21(23)24/h5-8H,1-4H3,(H,16,22). The molecule has 0 saturated carbocycles. The van der Waals surface area contributed by atoms with Crippen LogP contribution in [-0.2, 0) is 10.3 Å². The third-order valence-electron chi connectivity index (χ3n) is 3.14. The fourth-order valence-electron chi connectivity index (χ4n) is 1.86. The molecule has 0 aliphatic carbocycles. The number of anilines is 1. The first kappa shape index (κ1) is 18.8. The number of rotatable bonds is 5. The number of nitrogens with one attached hydrogen (secondary N) is 1. The maximum absolute atomic E-state index is 13.3. The van der Waals surface area contributed by atoms with Crippen LogP contribution in [0.2, 0.25) is 0 Å². The molecule has 0 spiro atoms. The molecular weight excluding hydrogens is 351 g/mol. The Hall–Kier alpha value is -2.56. The van der Waals surface area contributed by atoms with Crippen LogP contribution in [0.15, 0.2) is 23.4 Å². The number of thioether (sulfide) groups is 1. The van der Waals surface area contributed by atoms with Gasteiger partial charge in [-0.1, -0.05) is 11.8 Å². The molecular formula is C14H17FN6O3S. The number of halogens is 1. The predicted molar refractivity (Wildman–Crippen MR) is 89.8 cm³/mol. The third kappa shape index (κ3) is 4.50. The van der Waals surface area contributed by atoms with Crippen LogP contribution in [0, 0.1) is 15.9 Å². The molecule has 1 unspecified atom stereocenters. The summed E-state index contributed by atoms with van der Waals surface area (Å²) in [5.41, 5.74) is -0.907. The van der Waals surface area contributed by atoms with Gasteiger partial charge >= 0.3 is 5.69 Å². The van der Waals surface area contributed by atoms with E-state index in [1.807, 2.05) is 20.8 Å². The SMILES string of the molecule is CC(Sc1nnnn1C(C)(C)C)C(=O)Nc1ccc(F)c([N+](=O)[O-])c1. The number of nitrogens with zero attached hydrogens (tertiary/aromatic N) is 5. The topological polar surface area (TPSA) is 116 Å². The fourth-order valence-corrected chi connectivity index (χ4v) is 2.84. The Morgan fingerprint density at radius 3 is 2.72 bits per heavy atom. The summed E-state index contributed by atoms with van der Waals surface area (Å²) in [6.07, 6.45) is 0. The summed E-state index contributed by atoms with van der Waals surface area (Å²) in [4.78, 5) is 22.2. The zero-order valence-electron chi connectivity index (χ0n) is 14.1. The van der Waals surface area contributed by atoms with Crippen molar-refractivity contribution >= 4 is 29.0 Å². The van der Waals surface area contributed by atoms with Crippen LogP contribution in [0.4, 0.5) is 15.8 Å². The van der Waals surface area contributed by atoms with E-state index in [9.17, 15) is 19.3 Å². The number of nitro groups is 1. The molecule has 1 aromatic heterocycles. The number of carbonyl (C=O) groups is 1. The highest BCUT2D eigenvalue weighted by Gasteiger charge is 2.24. The fraction of sp³-hybridized carbons (Fsp3) is 0.429. The second-order valence-electron chi connectivity index (χ2n) is 6.22. The first-order chi connectivity index (χ1) is 11.6. The number of aromatic nitrogens is 4. The lowest BCUT2D eigenvalue weighted by Crippen LogP contribution is -2.27. The first-order valence-electron chi connectivity index (χ1n) is 7.30. The number of amides is 1. The monoisotopic (exact) mass is 368 g/mol. The Kier molecular flexibility index (Phi) is 5.36. The molecule has 0 radical (unpaired) electrons. The summed E-state index contributed by atoms with van der Waals surface area (Å²) >= 11 is 1.15. The lowest BCUT2D eigenvalue weighted by Gasteiger charge is -2.20. The van der Waals surface area contributed by atoms with E-state index in [1.165, 1.54) is 6.07 Å². The van der Waals surface area contributed by atoms with E-state index in [0.717, 1.165) is 23.9 Å². The van der Waals surface area contributed by atoms with Gasteiger partial charge in [0, 0.05) is 11.8 Å². The molecule has 2 aromatic rings. The van der Waals surface area contributed by atoms with Crippen molar-refractivity contribution in [3.05, 3.63) is 34.1 Å². The molecule has 1 heterocycles. The highest BCUT2D eigenvalue weighted by Crippen LogP contribution is 2.27. The number of nitro benzene ring substituents is 1. The average molecular weight is 368 g/mol. The Balaban J connectivity index is 2.10. The van der Waals surface area contributed by atoms with Gasteiger partial charge in [0.05, 0.1) is 15.7 Å². The van der Waals surface area contributed by atoms with Crippen LogP contribution in [0.25, 0.3) is 0 Å². The van der Waals surface area contributed by atoms with Crippen molar-refractivity contribution in [3.8, 4) is 0 Å². The van der Waals surface area contributed by atoms with E-state index in [2.05, 4.69) is 20.8 Å². The molecule has 1 N–H and O–H groups in total. The lowest BCUT2D eigenvalue weighted by molar-refractivity contribution is -0.387. The molecule has 25 heavy (non-hydrogen) atoms. The molecule has 1 aromatic carbocycles. The lowest BCUT2D eigenvalue weighted by atomic mass is 10.1. The molecule has 1 amide bonds. The largest absolute Gasteiger partial charge is 0.325 e. The Morgan fingerprint density at radius 1 is 1.44 bits per heavy atom. The van der Waals surface area contributed by atoms with Crippen molar-refractivity contribution < 1.29 is 14.1 Å². The van der Waals surface area contributed by atoms with Crippen molar-refractivity contribution in [1.82, 2.24) is 20.2 Å². The maximum Gasteiger partial charge on any atom is 0.306 e. The smallest absolute Gasteiger partial charge is 0.306 e. The molecule has 0 bridgehead atoms. The first-order valence-corrected chi connectivity index (χ1v) is 8.18. The van der Waals surface area contributed by atoms with Gasteiger partial charge < -0.3 is 5.32 Å². The quantitative estimate of drug-likeness (QED) is 0.490. The van der Waals surface area contributed by atoms with E-state index >= 15 is 0 Å². The second kappa shape index (κ2) is 7.13. The third-order valence-corrected chi connectivity index (χ3v) is 4.17. The summed E-state index contributed by atoms with van der Waals surface area (Å²) in [6, 6.07) is 3.17. The van der Waals surface area contributed by atoms with Crippen LogP contribution in [0.5, 0.6) is 0 Å². The van der Waals surface area contributed by atoms with Crippen LogP contribution in [0.3, 0.4) is 0 Å². The number of benzene rings is 1. The van der Waals surface area contributed by atoms with Crippen LogP contribution in [0.1, 0.15) is 27.7 Å². The zero-order valence-corrected chi connectivity index (χ0v) is 14.9.